The van der Waals surface area contributed by atoms with E-state index in [1.54, 1.807) is 6.07 Å². The number of nitrogens with zero attached hydrogens (tertiary/aromatic N) is 1. The number of phenols is 1. The lowest BCUT2D eigenvalue weighted by Crippen LogP contribution is -1.98. The van der Waals surface area contributed by atoms with E-state index in [-0.39, 0.29) is 28.2 Å². The maximum atomic E-state index is 11.0. The first kappa shape index (κ1) is 9.93. The lowest BCUT2D eigenvalue weighted by Gasteiger charge is -2.02. The van der Waals surface area contributed by atoms with Crippen molar-refractivity contribution >= 4 is 12.1 Å². The van der Waals surface area contributed by atoms with Crippen LogP contribution in [0.2, 0.25) is 0 Å². The first-order valence-electron chi connectivity index (χ1n) is 3.83. The second-order valence-electron chi connectivity index (χ2n) is 2.74. The van der Waals surface area contributed by atoms with Crippen LogP contribution in [0.15, 0.2) is 12.1 Å². The fraction of sp³-hybridized carbons (Fsp3) is 0.100. The van der Waals surface area contributed by atoms with Gasteiger partial charge in [-0.05, 0) is 19.1 Å². The van der Waals surface area contributed by atoms with Crippen LogP contribution in [0.1, 0.15) is 33.2 Å². The first-order chi connectivity index (χ1) is 6.60. The molecule has 0 unspecified atom stereocenters. The fourth-order valence-corrected chi connectivity index (χ4v) is 1.08. The van der Waals surface area contributed by atoms with Crippen LogP contribution in [-0.2, 0) is 0 Å². The van der Waals surface area contributed by atoms with E-state index >= 15 is 0 Å². The number of aldehydes is 1. The highest BCUT2D eigenvalue weighted by molar-refractivity contribution is 5.98. The molecule has 1 N–H and O–H groups in total. The molecule has 0 amide bonds. The van der Waals surface area contributed by atoms with Crippen molar-refractivity contribution in [1.82, 2.24) is 0 Å². The van der Waals surface area contributed by atoms with E-state index in [1.807, 2.05) is 0 Å². The number of aromatic hydroxyl groups is 1. The third-order valence-corrected chi connectivity index (χ3v) is 1.79. The van der Waals surface area contributed by atoms with Crippen LogP contribution in [0.3, 0.4) is 0 Å². The van der Waals surface area contributed by atoms with Gasteiger partial charge in [0, 0.05) is 5.56 Å². The van der Waals surface area contributed by atoms with Crippen LogP contribution in [0.5, 0.6) is 5.75 Å². The molecular weight excluding hydrogens is 182 g/mol. The SMILES string of the molecule is CC(=O)c1cc(O)c(C=O)cc1C#N. The van der Waals surface area contributed by atoms with Crippen molar-refractivity contribution in [2.24, 2.45) is 0 Å². The summed E-state index contributed by atoms with van der Waals surface area (Å²) in [6.07, 6.45) is 0.431. The number of carbonyl (C=O) groups is 2. The molecule has 0 radical (unpaired) electrons. The van der Waals surface area contributed by atoms with Crippen molar-refractivity contribution in [3.05, 3.63) is 28.8 Å². The molecule has 1 rings (SSSR count). The van der Waals surface area contributed by atoms with E-state index in [0.717, 1.165) is 6.07 Å². The molecule has 14 heavy (non-hydrogen) atoms. The number of phenolic OH excluding ortho intramolecular Hbond substituents is 1. The lowest BCUT2D eigenvalue weighted by molar-refractivity contribution is 0.101. The van der Waals surface area contributed by atoms with Crippen LogP contribution in [0.4, 0.5) is 0 Å². The number of carbonyl (C=O) groups excluding carboxylic acids is 2. The topological polar surface area (TPSA) is 78.2 Å². The zero-order valence-electron chi connectivity index (χ0n) is 7.44. The Hall–Kier alpha value is -2.15. The van der Waals surface area contributed by atoms with E-state index in [0.29, 0.717) is 6.29 Å². The Balaban J connectivity index is 3.48. The Kier molecular flexibility index (Phi) is 2.63. The Labute approximate surface area is 80.4 Å². The second kappa shape index (κ2) is 3.71. The van der Waals surface area contributed by atoms with Crippen LogP contribution >= 0.6 is 0 Å². The van der Waals surface area contributed by atoms with Gasteiger partial charge in [-0.15, -0.1) is 0 Å². The van der Waals surface area contributed by atoms with Gasteiger partial charge in [0.25, 0.3) is 0 Å². The largest absolute Gasteiger partial charge is 0.507 e. The summed E-state index contributed by atoms with van der Waals surface area (Å²) in [7, 11) is 0. The third kappa shape index (κ3) is 1.62. The molecular formula is C10H7NO3. The zero-order chi connectivity index (χ0) is 10.7. The summed E-state index contributed by atoms with van der Waals surface area (Å²) in [5, 5.41) is 17.9. The van der Waals surface area contributed by atoms with Gasteiger partial charge in [0.15, 0.2) is 12.1 Å². The van der Waals surface area contributed by atoms with Gasteiger partial charge in [-0.3, -0.25) is 9.59 Å². The molecule has 0 spiro atoms. The summed E-state index contributed by atoms with van der Waals surface area (Å²) in [5.41, 5.74) is 0.222. The van der Waals surface area contributed by atoms with Crippen LogP contribution in [0.25, 0.3) is 0 Å². The van der Waals surface area contributed by atoms with Crippen molar-refractivity contribution < 1.29 is 14.7 Å². The summed E-state index contributed by atoms with van der Waals surface area (Å²) in [6.45, 7) is 1.29. The van der Waals surface area contributed by atoms with E-state index in [4.69, 9.17) is 5.26 Å². The van der Waals surface area contributed by atoms with Crippen molar-refractivity contribution in [3.8, 4) is 11.8 Å². The van der Waals surface area contributed by atoms with Gasteiger partial charge in [0.1, 0.15) is 5.75 Å². The molecule has 0 atom stereocenters. The Morgan fingerprint density at radius 1 is 1.57 bits per heavy atom. The van der Waals surface area contributed by atoms with Crippen molar-refractivity contribution in [2.75, 3.05) is 0 Å². The number of Topliss-reactive ketones (excluding diaryl/α,β-unsaturated/α-hetero) is 1. The first-order valence-corrected chi connectivity index (χ1v) is 3.83. The van der Waals surface area contributed by atoms with Crippen molar-refractivity contribution in [2.45, 2.75) is 6.92 Å². The van der Waals surface area contributed by atoms with Gasteiger partial charge < -0.3 is 5.11 Å². The molecule has 0 aromatic heterocycles. The number of hydrogen-bond donors (Lipinski definition) is 1. The van der Waals surface area contributed by atoms with Gasteiger partial charge in [-0.2, -0.15) is 5.26 Å². The molecule has 0 saturated heterocycles. The Morgan fingerprint density at radius 3 is 2.64 bits per heavy atom. The van der Waals surface area contributed by atoms with E-state index < -0.39 is 0 Å². The predicted octanol–water partition coefficient (Wildman–Crippen LogP) is 1.28. The molecule has 0 fully saturated rings. The molecule has 0 aliphatic rings. The molecule has 4 nitrogen and oxygen atoms in total. The van der Waals surface area contributed by atoms with E-state index in [2.05, 4.69) is 0 Å². The maximum Gasteiger partial charge on any atom is 0.161 e. The Morgan fingerprint density at radius 2 is 2.21 bits per heavy atom. The normalized spacial score (nSPS) is 9.14. The second-order valence-corrected chi connectivity index (χ2v) is 2.74. The highest BCUT2D eigenvalue weighted by Crippen LogP contribution is 2.21. The smallest absolute Gasteiger partial charge is 0.161 e. The number of ketones is 1. The minimum Gasteiger partial charge on any atom is -0.507 e. The highest BCUT2D eigenvalue weighted by Gasteiger charge is 2.11. The lowest BCUT2D eigenvalue weighted by atomic mass is 10.0. The molecule has 1 aromatic carbocycles. The summed E-state index contributed by atoms with van der Waals surface area (Å²) >= 11 is 0. The van der Waals surface area contributed by atoms with Crippen LogP contribution in [-0.4, -0.2) is 17.2 Å². The van der Waals surface area contributed by atoms with Gasteiger partial charge in [-0.25, -0.2) is 0 Å². The van der Waals surface area contributed by atoms with Crippen molar-refractivity contribution in [3.63, 3.8) is 0 Å². The van der Waals surface area contributed by atoms with Crippen molar-refractivity contribution in [1.29, 1.82) is 5.26 Å². The quantitative estimate of drug-likeness (QED) is 0.561. The van der Waals surface area contributed by atoms with Crippen LogP contribution < -0.4 is 0 Å². The zero-order valence-corrected chi connectivity index (χ0v) is 7.44. The summed E-state index contributed by atoms with van der Waals surface area (Å²) < 4.78 is 0. The minimum absolute atomic E-state index is 0.00606. The standard InChI is InChI=1S/C10H7NO3/c1-6(13)9-3-10(14)8(5-12)2-7(9)4-11/h2-3,5,14H,1H3. The van der Waals surface area contributed by atoms with E-state index in [9.17, 15) is 14.7 Å². The highest BCUT2D eigenvalue weighted by atomic mass is 16.3. The Bertz CT molecular complexity index is 443. The maximum absolute atomic E-state index is 11.0. The van der Waals surface area contributed by atoms with Gasteiger partial charge >= 0.3 is 0 Å². The summed E-state index contributed by atoms with van der Waals surface area (Å²) in [4.78, 5) is 21.4. The number of nitriles is 1. The predicted molar refractivity (Wildman–Crippen MR) is 48.2 cm³/mol. The molecule has 70 valence electrons. The van der Waals surface area contributed by atoms with Crippen LogP contribution in [0, 0.1) is 11.3 Å². The van der Waals surface area contributed by atoms with Gasteiger partial charge in [0.2, 0.25) is 0 Å². The summed E-state index contributed by atoms with van der Waals surface area (Å²) in [6, 6.07) is 4.11. The number of rotatable bonds is 2. The molecule has 4 heteroatoms. The molecule has 0 saturated carbocycles. The average molecular weight is 189 g/mol. The van der Waals surface area contributed by atoms with E-state index in [1.165, 1.54) is 13.0 Å². The number of hydrogen-bond acceptors (Lipinski definition) is 4. The number of benzene rings is 1. The molecule has 0 heterocycles. The molecule has 0 bridgehead atoms. The minimum atomic E-state index is -0.325. The average Bonchev–Trinajstić information content (AvgIpc) is 2.17. The fourth-order valence-electron chi connectivity index (χ4n) is 1.08. The van der Waals surface area contributed by atoms with Gasteiger partial charge in [-0.1, -0.05) is 0 Å². The molecule has 0 aliphatic carbocycles. The molecule has 0 aliphatic heterocycles. The third-order valence-electron chi connectivity index (χ3n) is 1.79. The summed E-state index contributed by atoms with van der Waals surface area (Å²) in [5.74, 6) is -0.613. The monoisotopic (exact) mass is 189 g/mol. The molecule has 1 aromatic rings. The van der Waals surface area contributed by atoms with Gasteiger partial charge in [0.05, 0.1) is 17.2 Å².